The predicted octanol–water partition coefficient (Wildman–Crippen LogP) is 3.29. The van der Waals surface area contributed by atoms with Gasteiger partial charge in [-0.2, -0.15) is 0 Å². The van der Waals surface area contributed by atoms with Gasteiger partial charge in [0.25, 0.3) is 0 Å². The Balaban J connectivity index is 2.22. The van der Waals surface area contributed by atoms with Crippen molar-refractivity contribution in [2.45, 2.75) is 27.2 Å². The summed E-state index contributed by atoms with van der Waals surface area (Å²) in [7, 11) is 1.68. The second-order valence-electron chi connectivity index (χ2n) is 5.55. The first-order chi connectivity index (χ1) is 7.50. The van der Waals surface area contributed by atoms with Gasteiger partial charge in [-0.15, -0.1) is 0 Å². The van der Waals surface area contributed by atoms with E-state index in [0.717, 1.165) is 24.5 Å². The summed E-state index contributed by atoms with van der Waals surface area (Å²) in [6.45, 7) is 7.63. The molecule has 2 heteroatoms. The molecule has 0 saturated carbocycles. The lowest BCUT2D eigenvalue weighted by atomic mass is 9.76. The van der Waals surface area contributed by atoms with Gasteiger partial charge in [-0.1, -0.05) is 26.8 Å². The minimum atomic E-state index is 0.303. The van der Waals surface area contributed by atoms with E-state index in [0.29, 0.717) is 11.3 Å². The molecule has 0 amide bonds. The fourth-order valence-electron chi connectivity index (χ4n) is 2.04. The normalized spacial score (nSPS) is 19.9. The van der Waals surface area contributed by atoms with Gasteiger partial charge in [0.1, 0.15) is 11.5 Å². The van der Waals surface area contributed by atoms with E-state index in [-0.39, 0.29) is 0 Å². The van der Waals surface area contributed by atoms with E-state index in [9.17, 15) is 0 Å². The van der Waals surface area contributed by atoms with Crippen LogP contribution in [0, 0.1) is 11.3 Å². The van der Waals surface area contributed by atoms with Crippen molar-refractivity contribution in [3.8, 4) is 11.5 Å². The molecular weight excluding hydrogens is 200 g/mol. The molecule has 1 aliphatic rings. The molecule has 88 valence electrons. The minimum Gasteiger partial charge on any atom is -0.497 e. The summed E-state index contributed by atoms with van der Waals surface area (Å²) in [4.78, 5) is 0. The number of hydrogen-bond donors (Lipinski definition) is 0. The Morgan fingerprint density at radius 2 is 2.06 bits per heavy atom. The fraction of sp³-hybridized carbons (Fsp3) is 0.571. The summed E-state index contributed by atoms with van der Waals surface area (Å²) in [6.07, 6.45) is 1.10. The average molecular weight is 220 g/mol. The zero-order valence-corrected chi connectivity index (χ0v) is 10.5. The van der Waals surface area contributed by atoms with Crippen LogP contribution in [0.25, 0.3) is 0 Å². The molecule has 16 heavy (non-hydrogen) atoms. The number of benzene rings is 1. The molecule has 0 aliphatic carbocycles. The van der Waals surface area contributed by atoms with Gasteiger partial charge in [0, 0.05) is 12.0 Å². The van der Waals surface area contributed by atoms with Crippen LogP contribution in [0.15, 0.2) is 18.2 Å². The van der Waals surface area contributed by atoms with Gasteiger partial charge in [0.05, 0.1) is 13.7 Å². The number of fused-ring (bicyclic) bond motifs is 1. The number of ether oxygens (including phenoxy) is 2. The number of hydrogen-bond acceptors (Lipinski definition) is 2. The maximum atomic E-state index is 5.83. The topological polar surface area (TPSA) is 18.5 Å². The third-order valence-electron chi connectivity index (χ3n) is 3.41. The Labute approximate surface area is 97.6 Å². The first-order valence-electron chi connectivity index (χ1n) is 5.80. The largest absolute Gasteiger partial charge is 0.497 e. The summed E-state index contributed by atoms with van der Waals surface area (Å²) < 4.78 is 11.0. The molecule has 0 spiro atoms. The van der Waals surface area contributed by atoms with E-state index < -0.39 is 0 Å². The summed E-state index contributed by atoms with van der Waals surface area (Å²) in [5, 5.41) is 0. The summed E-state index contributed by atoms with van der Waals surface area (Å²) >= 11 is 0. The monoisotopic (exact) mass is 220 g/mol. The molecular formula is C14H20O2. The van der Waals surface area contributed by atoms with Crippen molar-refractivity contribution >= 4 is 0 Å². The van der Waals surface area contributed by atoms with Crippen molar-refractivity contribution in [3.63, 3.8) is 0 Å². The van der Waals surface area contributed by atoms with Crippen LogP contribution in [0.4, 0.5) is 0 Å². The van der Waals surface area contributed by atoms with E-state index in [1.165, 1.54) is 5.56 Å². The second kappa shape index (κ2) is 4.00. The maximum Gasteiger partial charge on any atom is 0.126 e. The van der Waals surface area contributed by atoms with Gasteiger partial charge >= 0.3 is 0 Å². The van der Waals surface area contributed by atoms with Gasteiger partial charge in [0.2, 0.25) is 0 Å². The van der Waals surface area contributed by atoms with Crippen molar-refractivity contribution in [2.75, 3.05) is 13.7 Å². The Hall–Kier alpha value is -1.18. The highest BCUT2D eigenvalue weighted by Crippen LogP contribution is 2.37. The summed E-state index contributed by atoms with van der Waals surface area (Å²) in [5.74, 6) is 2.45. The molecule has 2 rings (SSSR count). The summed E-state index contributed by atoms with van der Waals surface area (Å²) in [5.41, 5.74) is 1.60. The molecule has 1 atom stereocenters. The van der Waals surface area contributed by atoms with Crippen LogP contribution in [0.3, 0.4) is 0 Å². The molecule has 1 aromatic carbocycles. The van der Waals surface area contributed by atoms with E-state index in [1.54, 1.807) is 7.11 Å². The summed E-state index contributed by atoms with van der Waals surface area (Å²) in [6, 6.07) is 6.10. The Morgan fingerprint density at radius 1 is 1.31 bits per heavy atom. The van der Waals surface area contributed by atoms with E-state index in [1.807, 2.05) is 12.1 Å². The van der Waals surface area contributed by atoms with Gasteiger partial charge in [-0.25, -0.2) is 0 Å². The molecule has 0 bridgehead atoms. The van der Waals surface area contributed by atoms with Crippen molar-refractivity contribution in [3.05, 3.63) is 23.8 Å². The smallest absolute Gasteiger partial charge is 0.126 e. The number of rotatable bonds is 1. The standard InChI is InChI=1S/C14H20O2/c1-14(2,3)11-7-10-5-6-12(15-4)8-13(10)16-9-11/h5-6,8,11H,7,9H2,1-4H3. The lowest BCUT2D eigenvalue weighted by molar-refractivity contribution is 0.126. The molecule has 1 unspecified atom stereocenters. The lowest BCUT2D eigenvalue weighted by Crippen LogP contribution is -2.31. The van der Waals surface area contributed by atoms with Gasteiger partial charge in [-0.3, -0.25) is 0 Å². The van der Waals surface area contributed by atoms with Crippen LogP contribution in [-0.2, 0) is 6.42 Å². The Bertz CT molecular complexity index is 377. The molecule has 0 aromatic heterocycles. The molecule has 0 fully saturated rings. The van der Waals surface area contributed by atoms with Crippen LogP contribution in [0.2, 0.25) is 0 Å². The zero-order valence-electron chi connectivity index (χ0n) is 10.5. The van der Waals surface area contributed by atoms with Crippen LogP contribution in [-0.4, -0.2) is 13.7 Å². The quantitative estimate of drug-likeness (QED) is 0.723. The minimum absolute atomic E-state index is 0.303. The Morgan fingerprint density at radius 3 is 2.69 bits per heavy atom. The highest BCUT2D eigenvalue weighted by molar-refractivity contribution is 5.42. The third-order valence-corrected chi connectivity index (χ3v) is 3.41. The molecule has 1 heterocycles. The molecule has 0 N–H and O–H groups in total. The molecule has 2 nitrogen and oxygen atoms in total. The molecule has 1 aliphatic heterocycles. The van der Waals surface area contributed by atoms with E-state index in [2.05, 4.69) is 26.8 Å². The van der Waals surface area contributed by atoms with Crippen LogP contribution >= 0.6 is 0 Å². The van der Waals surface area contributed by atoms with Crippen molar-refractivity contribution in [1.82, 2.24) is 0 Å². The van der Waals surface area contributed by atoms with Crippen LogP contribution < -0.4 is 9.47 Å². The molecule has 0 radical (unpaired) electrons. The van der Waals surface area contributed by atoms with Crippen molar-refractivity contribution < 1.29 is 9.47 Å². The molecule has 1 aromatic rings. The van der Waals surface area contributed by atoms with Crippen molar-refractivity contribution in [1.29, 1.82) is 0 Å². The van der Waals surface area contributed by atoms with Crippen LogP contribution in [0.1, 0.15) is 26.3 Å². The highest BCUT2D eigenvalue weighted by Gasteiger charge is 2.29. The van der Waals surface area contributed by atoms with Crippen molar-refractivity contribution in [2.24, 2.45) is 11.3 Å². The average Bonchev–Trinajstić information content (AvgIpc) is 2.26. The second-order valence-corrected chi connectivity index (χ2v) is 5.55. The van der Waals surface area contributed by atoms with Crippen LogP contribution in [0.5, 0.6) is 11.5 Å². The van der Waals surface area contributed by atoms with Gasteiger partial charge in [0.15, 0.2) is 0 Å². The van der Waals surface area contributed by atoms with Gasteiger partial charge in [-0.05, 0) is 23.5 Å². The van der Waals surface area contributed by atoms with Gasteiger partial charge < -0.3 is 9.47 Å². The predicted molar refractivity (Wildman–Crippen MR) is 65.1 cm³/mol. The fourth-order valence-corrected chi connectivity index (χ4v) is 2.04. The SMILES string of the molecule is COc1ccc2c(c1)OCC(C(C)(C)C)C2. The highest BCUT2D eigenvalue weighted by atomic mass is 16.5. The zero-order chi connectivity index (χ0) is 11.8. The third kappa shape index (κ3) is 2.16. The Kier molecular flexibility index (Phi) is 2.83. The lowest BCUT2D eigenvalue weighted by Gasteiger charge is -2.34. The number of methoxy groups -OCH3 is 1. The first kappa shape index (κ1) is 11.3. The molecule has 0 saturated heterocycles. The first-order valence-corrected chi connectivity index (χ1v) is 5.80. The maximum absolute atomic E-state index is 5.83. The van der Waals surface area contributed by atoms with E-state index >= 15 is 0 Å². The van der Waals surface area contributed by atoms with E-state index in [4.69, 9.17) is 9.47 Å².